The van der Waals surface area contributed by atoms with Crippen LogP contribution < -0.4 is 5.32 Å². The zero-order chi connectivity index (χ0) is 15.6. The molecule has 0 atom stereocenters. The Morgan fingerprint density at radius 3 is 2.48 bits per heavy atom. The fraction of sp³-hybridized carbons (Fsp3) is 0.0769. The van der Waals surface area contributed by atoms with E-state index in [2.05, 4.69) is 10.3 Å². The monoisotopic (exact) mass is 318 g/mol. The minimum atomic E-state index is -4.55. The summed E-state index contributed by atoms with van der Waals surface area (Å²) in [5.74, 6) is -1.52. The molecule has 0 bridgehead atoms. The number of carbonyl (C=O) groups is 1. The fourth-order valence-electron chi connectivity index (χ4n) is 1.50. The lowest BCUT2D eigenvalue weighted by molar-refractivity contribution is -0.137. The molecule has 0 unspecified atom stereocenters. The van der Waals surface area contributed by atoms with E-state index in [1.807, 2.05) is 0 Å². The number of hydrogen-bond donors (Lipinski definition) is 1. The summed E-state index contributed by atoms with van der Waals surface area (Å²) in [5.41, 5.74) is -1.15. The molecule has 0 saturated carbocycles. The van der Waals surface area contributed by atoms with E-state index < -0.39 is 23.6 Å². The van der Waals surface area contributed by atoms with Gasteiger partial charge in [-0.3, -0.25) is 4.79 Å². The van der Waals surface area contributed by atoms with Gasteiger partial charge in [-0.1, -0.05) is 11.6 Å². The molecular weight excluding hydrogens is 312 g/mol. The number of pyridine rings is 1. The molecule has 1 N–H and O–H groups in total. The fourth-order valence-corrected chi connectivity index (χ4v) is 1.67. The molecule has 2 rings (SSSR count). The number of halogens is 5. The first kappa shape index (κ1) is 15.2. The lowest BCUT2D eigenvalue weighted by Crippen LogP contribution is -2.14. The van der Waals surface area contributed by atoms with Crippen molar-refractivity contribution < 1.29 is 22.4 Å². The van der Waals surface area contributed by atoms with Gasteiger partial charge in [-0.25, -0.2) is 4.98 Å². The maximum absolute atomic E-state index is 12.6. The highest BCUT2D eigenvalue weighted by Crippen LogP contribution is 2.33. The third-order valence-electron chi connectivity index (χ3n) is 2.53. The van der Waals surface area contributed by atoms with Gasteiger partial charge in [0.15, 0.2) is 0 Å². The summed E-state index contributed by atoms with van der Waals surface area (Å²) in [6, 6.07) is 4.67. The maximum atomic E-state index is 12.6. The molecule has 0 spiro atoms. The van der Waals surface area contributed by atoms with Gasteiger partial charge in [-0.15, -0.1) is 0 Å². The summed E-state index contributed by atoms with van der Waals surface area (Å²) in [5, 5.41) is 2.18. The van der Waals surface area contributed by atoms with Gasteiger partial charge >= 0.3 is 6.18 Å². The summed E-state index contributed by atoms with van der Waals surface area (Å²) in [6.45, 7) is 0. The van der Waals surface area contributed by atoms with E-state index in [0.29, 0.717) is 0 Å². The van der Waals surface area contributed by atoms with Gasteiger partial charge in [0.25, 0.3) is 5.91 Å². The van der Waals surface area contributed by atoms with Crippen LogP contribution in [-0.2, 0) is 6.18 Å². The Bertz CT molecular complexity index is 671. The third kappa shape index (κ3) is 3.69. The molecule has 0 aliphatic heterocycles. The minimum absolute atomic E-state index is 0.00937. The van der Waals surface area contributed by atoms with Crippen molar-refractivity contribution >= 4 is 23.2 Å². The Balaban J connectivity index is 2.26. The molecule has 8 heteroatoms. The number of hydrogen-bond acceptors (Lipinski definition) is 2. The normalized spacial score (nSPS) is 11.3. The summed E-state index contributed by atoms with van der Waals surface area (Å²) in [7, 11) is 0. The standard InChI is InChI=1S/C13H7ClF4N2O/c14-9-3-2-8(13(16,17)18)5-10(9)20-12(21)7-1-4-11(15)19-6-7/h1-6H,(H,20,21). The van der Waals surface area contributed by atoms with Crippen LogP contribution in [0.5, 0.6) is 0 Å². The van der Waals surface area contributed by atoms with Crippen molar-refractivity contribution in [2.24, 2.45) is 0 Å². The van der Waals surface area contributed by atoms with Gasteiger partial charge < -0.3 is 5.32 Å². The number of amides is 1. The molecule has 0 fully saturated rings. The van der Waals surface area contributed by atoms with Gasteiger partial charge in [0.1, 0.15) is 0 Å². The molecule has 0 aliphatic rings. The molecule has 110 valence electrons. The summed E-state index contributed by atoms with van der Waals surface area (Å²) in [4.78, 5) is 15.1. The Morgan fingerprint density at radius 1 is 1.19 bits per heavy atom. The van der Waals surface area contributed by atoms with Gasteiger partial charge in [-0.05, 0) is 30.3 Å². The van der Waals surface area contributed by atoms with E-state index in [-0.39, 0.29) is 16.3 Å². The van der Waals surface area contributed by atoms with E-state index in [1.165, 1.54) is 0 Å². The molecule has 1 aromatic heterocycles. The number of nitrogens with zero attached hydrogens (tertiary/aromatic N) is 1. The van der Waals surface area contributed by atoms with Crippen LogP contribution in [-0.4, -0.2) is 10.9 Å². The Labute approximate surface area is 121 Å². The number of carbonyl (C=O) groups excluding carboxylic acids is 1. The topological polar surface area (TPSA) is 42.0 Å². The second kappa shape index (κ2) is 5.69. The number of alkyl halides is 3. The summed E-state index contributed by atoms with van der Waals surface area (Å²) >= 11 is 5.75. The van der Waals surface area contributed by atoms with Crippen LogP contribution >= 0.6 is 11.6 Å². The molecule has 0 radical (unpaired) electrons. The molecule has 2 aromatic rings. The lowest BCUT2D eigenvalue weighted by Gasteiger charge is -2.11. The highest BCUT2D eigenvalue weighted by molar-refractivity contribution is 6.34. The highest BCUT2D eigenvalue weighted by atomic mass is 35.5. The van der Waals surface area contributed by atoms with Crippen molar-refractivity contribution in [2.45, 2.75) is 6.18 Å². The first-order valence-electron chi connectivity index (χ1n) is 5.57. The summed E-state index contributed by atoms with van der Waals surface area (Å²) < 4.78 is 50.4. The number of aromatic nitrogens is 1. The Kier molecular flexibility index (Phi) is 4.13. The number of benzene rings is 1. The quantitative estimate of drug-likeness (QED) is 0.668. The van der Waals surface area contributed by atoms with Crippen molar-refractivity contribution in [1.82, 2.24) is 4.98 Å². The molecule has 0 aliphatic carbocycles. The predicted molar refractivity (Wildman–Crippen MR) is 68.6 cm³/mol. The van der Waals surface area contributed by atoms with Crippen molar-refractivity contribution in [3.05, 3.63) is 58.6 Å². The molecule has 0 saturated heterocycles. The van der Waals surface area contributed by atoms with Gasteiger partial charge in [0, 0.05) is 6.20 Å². The zero-order valence-corrected chi connectivity index (χ0v) is 11.0. The van der Waals surface area contributed by atoms with Crippen LogP contribution in [0.1, 0.15) is 15.9 Å². The lowest BCUT2D eigenvalue weighted by atomic mass is 10.2. The second-order valence-electron chi connectivity index (χ2n) is 4.02. The van der Waals surface area contributed by atoms with Gasteiger partial charge in [-0.2, -0.15) is 17.6 Å². The van der Waals surface area contributed by atoms with Crippen LogP contribution in [0, 0.1) is 5.95 Å². The van der Waals surface area contributed by atoms with Crippen molar-refractivity contribution in [2.75, 3.05) is 5.32 Å². The number of rotatable bonds is 2. The largest absolute Gasteiger partial charge is 0.416 e. The van der Waals surface area contributed by atoms with E-state index in [4.69, 9.17) is 11.6 Å². The zero-order valence-electron chi connectivity index (χ0n) is 10.2. The molecule has 21 heavy (non-hydrogen) atoms. The highest BCUT2D eigenvalue weighted by Gasteiger charge is 2.31. The van der Waals surface area contributed by atoms with Gasteiger partial charge in [0.2, 0.25) is 5.95 Å². The first-order chi connectivity index (χ1) is 9.77. The van der Waals surface area contributed by atoms with Crippen molar-refractivity contribution in [1.29, 1.82) is 0 Å². The molecule has 1 aromatic carbocycles. The predicted octanol–water partition coefficient (Wildman–Crippen LogP) is 4.15. The van der Waals surface area contributed by atoms with Crippen LogP contribution in [0.15, 0.2) is 36.5 Å². The average Bonchev–Trinajstić information content (AvgIpc) is 2.40. The Morgan fingerprint density at radius 2 is 1.90 bits per heavy atom. The first-order valence-corrected chi connectivity index (χ1v) is 5.95. The number of nitrogens with one attached hydrogen (secondary N) is 1. The molecule has 1 heterocycles. The molecule has 1 amide bonds. The Hall–Kier alpha value is -2.15. The number of anilines is 1. The SMILES string of the molecule is O=C(Nc1cc(C(F)(F)F)ccc1Cl)c1ccc(F)nc1. The van der Waals surface area contributed by atoms with Crippen LogP contribution in [0.4, 0.5) is 23.2 Å². The molecular formula is C13H7ClF4N2O. The second-order valence-corrected chi connectivity index (χ2v) is 4.42. The summed E-state index contributed by atoms with van der Waals surface area (Å²) in [6.07, 6.45) is -3.59. The van der Waals surface area contributed by atoms with Gasteiger partial charge in [0.05, 0.1) is 21.8 Å². The van der Waals surface area contributed by atoms with E-state index >= 15 is 0 Å². The third-order valence-corrected chi connectivity index (χ3v) is 2.86. The average molecular weight is 319 g/mol. The van der Waals surface area contributed by atoms with E-state index in [0.717, 1.165) is 36.5 Å². The molecule has 3 nitrogen and oxygen atoms in total. The van der Waals surface area contributed by atoms with E-state index in [1.54, 1.807) is 0 Å². The van der Waals surface area contributed by atoms with Crippen molar-refractivity contribution in [3.8, 4) is 0 Å². The smallest absolute Gasteiger partial charge is 0.321 e. The minimum Gasteiger partial charge on any atom is -0.321 e. The van der Waals surface area contributed by atoms with Crippen LogP contribution in [0.25, 0.3) is 0 Å². The van der Waals surface area contributed by atoms with Crippen LogP contribution in [0.3, 0.4) is 0 Å². The van der Waals surface area contributed by atoms with E-state index in [9.17, 15) is 22.4 Å². The maximum Gasteiger partial charge on any atom is 0.416 e. The van der Waals surface area contributed by atoms with Crippen molar-refractivity contribution in [3.63, 3.8) is 0 Å². The van der Waals surface area contributed by atoms with Crippen LogP contribution in [0.2, 0.25) is 5.02 Å².